The third kappa shape index (κ3) is 4.88. The van der Waals surface area contributed by atoms with Crippen LogP contribution in [-0.2, 0) is 9.47 Å². The summed E-state index contributed by atoms with van der Waals surface area (Å²) in [5, 5.41) is 0. The van der Waals surface area contributed by atoms with E-state index in [1.54, 1.807) is 12.1 Å². The summed E-state index contributed by atoms with van der Waals surface area (Å²) in [5.74, 6) is -0.154. The Morgan fingerprint density at radius 3 is 2.11 bits per heavy atom. The Hall–Kier alpha value is -0.710. The lowest BCUT2D eigenvalue weighted by Crippen LogP contribution is -2.32. The van der Waals surface area contributed by atoms with Crippen LogP contribution in [0.4, 0.5) is 0 Å². The van der Waals surface area contributed by atoms with E-state index in [0.29, 0.717) is 5.56 Å². The molecule has 0 aliphatic rings. The highest BCUT2D eigenvalue weighted by Gasteiger charge is 2.24. The van der Waals surface area contributed by atoms with Crippen molar-refractivity contribution in [1.82, 2.24) is 0 Å². The molecule has 0 spiro atoms. The van der Waals surface area contributed by atoms with Crippen LogP contribution in [0, 0.1) is 0 Å². The molecule has 0 aliphatic carbocycles. The Balaban J connectivity index is 2.87. The molecule has 0 fully saturated rings. The average Bonchev–Trinajstić information content (AvgIpc) is 2.26. The van der Waals surface area contributed by atoms with Crippen LogP contribution in [0.2, 0.25) is 0 Å². The van der Waals surface area contributed by atoms with Gasteiger partial charge in [0.1, 0.15) is 0 Å². The van der Waals surface area contributed by atoms with Crippen molar-refractivity contribution in [1.29, 1.82) is 0 Å². The Labute approximate surface area is 117 Å². The van der Waals surface area contributed by atoms with Gasteiger partial charge in [-0.05, 0) is 39.8 Å². The average molecular weight is 315 g/mol. The van der Waals surface area contributed by atoms with Crippen LogP contribution in [0.1, 0.15) is 38.1 Å². The minimum absolute atomic E-state index is 0.0650. The van der Waals surface area contributed by atoms with Crippen LogP contribution in [0.5, 0.6) is 0 Å². The molecule has 4 heteroatoms. The summed E-state index contributed by atoms with van der Waals surface area (Å²) in [6.45, 7) is 7.52. The van der Waals surface area contributed by atoms with Crippen molar-refractivity contribution < 1.29 is 14.3 Å². The van der Waals surface area contributed by atoms with Crippen molar-refractivity contribution in [3.63, 3.8) is 0 Å². The highest BCUT2D eigenvalue weighted by molar-refractivity contribution is 9.10. The van der Waals surface area contributed by atoms with Gasteiger partial charge in [0.05, 0.1) is 12.2 Å². The van der Waals surface area contributed by atoms with Crippen LogP contribution in [-0.4, -0.2) is 24.3 Å². The lowest BCUT2D eigenvalue weighted by molar-refractivity contribution is -0.152. The van der Waals surface area contributed by atoms with Gasteiger partial charge in [-0.1, -0.05) is 28.1 Å². The van der Waals surface area contributed by atoms with Crippen LogP contribution >= 0.6 is 15.9 Å². The zero-order valence-corrected chi connectivity index (χ0v) is 12.7. The molecule has 1 aromatic carbocycles. The zero-order valence-electron chi connectivity index (χ0n) is 11.1. The predicted octanol–water partition coefficient (Wildman–Crippen LogP) is 3.81. The Kier molecular flexibility index (Phi) is 5.99. The molecule has 3 nitrogen and oxygen atoms in total. The number of hydrogen-bond donors (Lipinski definition) is 0. The Morgan fingerprint density at radius 1 is 1.11 bits per heavy atom. The lowest BCUT2D eigenvalue weighted by atomic mass is 10.1. The Morgan fingerprint density at radius 2 is 1.67 bits per heavy atom. The van der Waals surface area contributed by atoms with Crippen molar-refractivity contribution in [3.8, 4) is 0 Å². The van der Waals surface area contributed by atoms with E-state index in [1.165, 1.54) is 0 Å². The van der Waals surface area contributed by atoms with Gasteiger partial charge >= 0.3 is 0 Å². The highest BCUT2D eigenvalue weighted by atomic mass is 79.9. The second kappa shape index (κ2) is 7.02. The molecule has 0 heterocycles. The molecule has 0 atom stereocenters. The summed E-state index contributed by atoms with van der Waals surface area (Å²) in [5.41, 5.74) is 0.579. The van der Waals surface area contributed by atoms with Gasteiger partial charge in [-0.2, -0.15) is 0 Å². The van der Waals surface area contributed by atoms with Gasteiger partial charge in [0, 0.05) is 10.0 Å². The predicted molar refractivity (Wildman–Crippen MR) is 74.7 cm³/mol. The molecule has 0 radical (unpaired) electrons. The number of carbonyl (C=O) groups is 1. The van der Waals surface area contributed by atoms with Crippen LogP contribution in [0.15, 0.2) is 28.7 Å². The molecule has 100 valence electrons. The smallest absolute Gasteiger partial charge is 0.223 e. The maximum absolute atomic E-state index is 12.3. The quantitative estimate of drug-likeness (QED) is 0.591. The minimum atomic E-state index is -0.848. The number of ketones is 1. The maximum Gasteiger partial charge on any atom is 0.223 e. The van der Waals surface area contributed by atoms with Crippen molar-refractivity contribution in [2.45, 2.75) is 46.2 Å². The number of benzene rings is 1. The molecule has 0 amide bonds. The maximum atomic E-state index is 12.3. The number of hydrogen-bond acceptors (Lipinski definition) is 3. The molecule has 0 bridgehead atoms. The molecule has 0 N–H and O–H groups in total. The SMILES string of the molecule is CC(C)OC(OC(C)C)C(=O)c1cccc(Br)c1. The zero-order chi connectivity index (χ0) is 13.7. The minimum Gasteiger partial charge on any atom is -0.343 e. The van der Waals surface area contributed by atoms with E-state index >= 15 is 0 Å². The highest BCUT2D eigenvalue weighted by Crippen LogP contribution is 2.16. The fourth-order valence-corrected chi connectivity index (χ4v) is 1.83. The normalized spacial score (nSPS) is 11.6. The van der Waals surface area contributed by atoms with Gasteiger partial charge in [-0.25, -0.2) is 0 Å². The van der Waals surface area contributed by atoms with E-state index < -0.39 is 6.29 Å². The van der Waals surface area contributed by atoms with Gasteiger partial charge in [-0.15, -0.1) is 0 Å². The van der Waals surface area contributed by atoms with Crippen LogP contribution < -0.4 is 0 Å². The third-order valence-corrected chi connectivity index (χ3v) is 2.61. The van der Waals surface area contributed by atoms with Crippen molar-refractivity contribution in [2.75, 3.05) is 0 Å². The van der Waals surface area contributed by atoms with Gasteiger partial charge < -0.3 is 9.47 Å². The van der Waals surface area contributed by atoms with E-state index in [9.17, 15) is 4.79 Å². The first kappa shape index (κ1) is 15.3. The van der Waals surface area contributed by atoms with E-state index in [2.05, 4.69) is 15.9 Å². The summed E-state index contributed by atoms with van der Waals surface area (Å²) < 4.78 is 11.9. The fraction of sp³-hybridized carbons (Fsp3) is 0.500. The van der Waals surface area contributed by atoms with Crippen molar-refractivity contribution in [3.05, 3.63) is 34.3 Å². The first-order valence-electron chi connectivity index (χ1n) is 6.01. The van der Waals surface area contributed by atoms with Gasteiger partial charge in [0.2, 0.25) is 12.1 Å². The van der Waals surface area contributed by atoms with Crippen molar-refractivity contribution in [2.24, 2.45) is 0 Å². The monoisotopic (exact) mass is 314 g/mol. The molecule has 18 heavy (non-hydrogen) atoms. The number of rotatable bonds is 6. The summed E-state index contributed by atoms with van der Waals surface area (Å²) in [6.07, 6.45) is -0.978. The second-order valence-electron chi connectivity index (χ2n) is 4.58. The fourth-order valence-electron chi connectivity index (χ4n) is 1.43. The molecule has 0 saturated carbocycles. The van der Waals surface area contributed by atoms with E-state index in [4.69, 9.17) is 9.47 Å². The summed E-state index contributed by atoms with van der Waals surface area (Å²) in [6, 6.07) is 7.22. The number of halogens is 1. The topological polar surface area (TPSA) is 35.5 Å². The standard InChI is InChI=1S/C14H19BrO3/c1-9(2)17-14(18-10(3)4)13(16)11-6-5-7-12(15)8-11/h5-10,14H,1-4H3. The Bertz CT molecular complexity index is 392. The summed E-state index contributed by atoms with van der Waals surface area (Å²) >= 11 is 3.35. The largest absolute Gasteiger partial charge is 0.343 e. The van der Waals surface area contributed by atoms with Gasteiger partial charge in [0.15, 0.2) is 0 Å². The van der Waals surface area contributed by atoms with Crippen LogP contribution in [0.3, 0.4) is 0 Å². The van der Waals surface area contributed by atoms with E-state index in [0.717, 1.165) is 4.47 Å². The number of ether oxygens (including phenoxy) is 2. The summed E-state index contributed by atoms with van der Waals surface area (Å²) in [7, 11) is 0. The number of carbonyl (C=O) groups excluding carboxylic acids is 1. The van der Waals surface area contributed by atoms with Gasteiger partial charge in [-0.3, -0.25) is 4.79 Å². The molecule has 0 saturated heterocycles. The molecule has 1 aromatic rings. The van der Waals surface area contributed by atoms with Crippen molar-refractivity contribution >= 4 is 21.7 Å². The van der Waals surface area contributed by atoms with E-state index in [1.807, 2.05) is 39.8 Å². The molecule has 0 aromatic heterocycles. The first-order valence-corrected chi connectivity index (χ1v) is 6.80. The first-order chi connectivity index (χ1) is 8.40. The van der Waals surface area contributed by atoms with E-state index in [-0.39, 0.29) is 18.0 Å². The molecule has 0 unspecified atom stereocenters. The molecular formula is C14H19BrO3. The second-order valence-corrected chi connectivity index (χ2v) is 5.49. The number of Topliss-reactive ketones (excluding diaryl/α,β-unsaturated/α-hetero) is 1. The third-order valence-electron chi connectivity index (χ3n) is 2.11. The summed E-state index contributed by atoms with van der Waals surface area (Å²) in [4.78, 5) is 12.3. The molecule has 1 rings (SSSR count). The molecular weight excluding hydrogens is 296 g/mol. The lowest BCUT2D eigenvalue weighted by Gasteiger charge is -2.21. The van der Waals surface area contributed by atoms with Crippen LogP contribution in [0.25, 0.3) is 0 Å². The molecule has 0 aliphatic heterocycles. The van der Waals surface area contributed by atoms with Gasteiger partial charge in [0.25, 0.3) is 0 Å².